The molecule has 2 aliphatic rings. The second-order valence-electron chi connectivity index (χ2n) is 5.48. The van der Waals surface area contributed by atoms with Gasteiger partial charge in [0.25, 0.3) is 0 Å². The standard InChI is InChI=1S/C13H26N2/c1-2-11-4-3-5-13(8-11)15-7-6-12(9-14)10-15/h11-13H,2-10,14H2,1H3. The Morgan fingerprint density at radius 2 is 2.07 bits per heavy atom. The molecule has 0 aromatic carbocycles. The van der Waals surface area contributed by atoms with Crippen LogP contribution in [0.3, 0.4) is 0 Å². The van der Waals surface area contributed by atoms with Crippen molar-refractivity contribution in [2.75, 3.05) is 19.6 Å². The average Bonchev–Trinajstić information content (AvgIpc) is 2.78. The van der Waals surface area contributed by atoms with Crippen molar-refractivity contribution < 1.29 is 0 Å². The van der Waals surface area contributed by atoms with Gasteiger partial charge in [0.2, 0.25) is 0 Å². The molecule has 0 bridgehead atoms. The summed E-state index contributed by atoms with van der Waals surface area (Å²) in [5.41, 5.74) is 5.75. The highest BCUT2D eigenvalue weighted by Crippen LogP contribution is 2.32. The molecule has 1 aliphatic heterocycles. The van der Waals surface area contributed by atoms with Crippen LogP contribution in [0, 0.1) is 11.8 Å². The molecule has 1 heterocycles. The minimum atomic E-state index is 0.784. The first-order valence-corrected chi connectivity index (χ1v) is 6.77. The summed E-state index contributed by atoms with van der Waals surface area (Å²) in [6.45, 7) is 5.82. The Kier molecular flexibility index (Phi) is 4.04. The highest BCUT2D eigenvalue weighted by Gasteiger charge is 2.30. The van der Waals surface area contributed by atoms with E-state index in [1.807, 2.05) is 0 Å². The van der Waals surface area contributed by atoms with Gasteiger partial charge < -0.3 is 10.6 Å². The molecule has 1 aliphatic carbocycles. The number of rotatable bonds is 3. The fraction of sp³-hybridized carbons (Fsp3) is 1.00. The first kappa shape index (κ1) is 11.4. The molecule has 0 amide bonds. The van der Waals surface area contributed by atoms with Gasteiger partial charge in [-0.05, 0) is 44.2 Å². The molecule has 2 N–H and O–H groups in total. The zero-order valence-corrected chi connectivity index (χ0v) is 10.1. The molecule has 2 rings (SSSR count). The molecule has 0 aromatic rings. The minimum absolute atomic E-state index is 0.784. The first-order chi connectivity index (χ1) is 7.33. The quantitative estimate of drug-likeness (QED) is 0.774. The van der Waals surface area contributed by atoms with Gasteiger partial charge in [-0.15, -0.1) is 0 Å². The summed E-state index contributed by atoms with van der Waals surface area (Å²) in [5, 5.41) is 0. The summed E-state index contributed by atoms with van der Waals surface area (Å²) in [5.74, 6) is 1.78. The van der Waals surface area contributed by atoms with Crippen LogP contribution in [0.4, 0.5) is 0 Å². The van der Waals surface area contributed by atoms with Crippen molar-refractivity contribution in [2.24, 2.45) is 17.6 Å². The van der Waals surface area contributed by atoms with Crippen LogP contribution in [0.5, 0.6) is 0 Å². The van der Waals surface area contributed by atoms with Crippen LogP contribution in [0.25, 0.3) is 0 Å². The molecule has 1 saturated carbocycles. The van der Waals surface area contributed by atoms with Gasteiger partial charge in [0, 0.05) is 12.6 Å². The first-order valence-electron chi connectivity index (χ1n) is 6.77. The molecule has 2 fully saturated rings. The molecule has 0 radical (unpaired) electrons. The minimum Gasteiger partial charge on any atom is -0.330 e. The number of nitrogens with two attached hydrogens (primary N) is 1. The second kappa shape index (κ2) is 5.31. The third-order valence-electron chi connectivity index (χ3n) is 4.50. The predicted molar refractivity (Wildman–Crippen MR) is 64.8 cm³/mol. The SMILES string of the molecule is CCC1CCCC(N2CCC(CN)C2)C1. The van der Waals surface area contributed by atoms with Crippen molar-refractivity contribution >= 4 is 0 Å². The lowest BCUT2D eigenvalue weighted by atomic mass is 9.83. The third kappa shape index (κ3) is 2.73. The molecule has 1 saturated heterocycles. The lowest BCUT2D eigenvalue weighted by Gasteiger charge is -2.35. The molecular formula is C13H26N2. The van der Waals surface area contributed by atoms with E-state index in [-0.39, 0.29) is 0 Å². The highest BCUT2D eigenvalue weighted by molar-refractivity contribution is 4.85. The van der Waals surface area contributed by atoms with Crippen LogP contribution in [0.1, 0.15) is 45.4 Å². The van der Waals surface area contributed by atoms with Crippen LogP contribution in [-0.2, 0) is 0 Å². The normalized spacial score (nSPS) is 38.4. The Hall–Kier alpha value is -0.0800. The van der Waals surface area contributed by atoms with E-state index in [1.54, 1.807) is 0 Å². The number of hydrogen-bond donors (Lipinski definition) is 1. The summed E-state index contributed by atoms with van der Waals surface area (Å²) in [6.07, 6.45) is 8.53. The lowest BCUT2D eigenvalue weighted by molar-refractivity contribution is 0.151. The molecule has 3 atom stereocenters. The predicted octanol–water partition coefficient (Wildman–Crippen LogP) is 2.24. The Morgan fingerprint density at radius 3 is 2.73 bits per heavy atom. The van der Waals surface area contributed by atoms with Gasteiger partial charge in [-0.3, -0.25) is 0 Å². The maximum Gasteiger partial charge on any atom is 0.00980 e. The molecule has 2 heteroatoms. The van der Waals surface area contributed by atoms with Crippen molar-refractivity contribution in [2.45, 2.75) is 51.5 Å². The van der Waals surface area contributed by atoms with Gasteiger partial charge in [0.15, 0.2) is 0 Å². The summed E-state index contributed by atoms with van der Waals surface area (Å²) in [4.78, 5) is 2.72. The molecule has 0 aromatic heterocycles. The van der Waals surface area contributed by atoms with Gasteiger partial charge in [-0.25, -0.2) is 0 Å². The average molecular weight is 210 g/mol. The van der Waals surface area contributed by atoms with E-state index in [0.29, 0.717) is 0 Å². The molecule has 0 spiro atoms. The molecular weight excluding hydrogens is 184 g/mol. The van der Waals surface area contributed by atoms with E-state index in [2.05, 4.69) is 11.8 Å². The Labute approximate surface area is 94.2 Å². The van der Waals surface area contributed by atoms with E-state index in [1.165, 1.54) is 51.6 Å². The Morgan fingerprint density at radius 1 is 1.20 bits per heavy atom. The van der Waals surface area contributed by atoms with Crippen molar-refractivity contribution in [1.82, 2.24) is 4.90 Å². The molecule has 15 heavy (non-hydrogen) atoms. The van der Waals surface area contributed by atoms with Gasteiger partial charge in [0.1, 0.15) is 0 Å². The van der Waals surface area contributed by atoms with E-state index >= 15 is 0 Å². The van der Waals surface area contributed by atoms with Crippen LogP contribution in [0.15, 0.2) is 0 Å². The van der Waals surface area contributed by atoms with Crippen LogP contribution in [0.2, 0.25) is 0 Å². The lowest BCUT2D eigenvalue weighted by Crippen LogP contribution is -2.37. The van der Waals surface area contributed by atoms with E-state index in [9.17, 15) is 0 Å². The van der Waals surface area contributed by atoms with E-state index in [4.69, 9.17) is 5.73 Å². The smallest absolute Gasteiger partial charge is 0.00980 e. The maximum atomic E-state index is 5.75. The van der Waals surface area contributed by atoms with Crippen LogP contribution >= 0.6 is 0 Å². The van der Waals surface area contributed by atoms with Crippen molar-refractivity contribution in [3.8, 4) is 0 Å². The van der Waals surface area contributed by atoms with Crippen molar-refractivity contribution in [3.63, 3.8) is 0 Å². The fourth-order valence-corrected chi connectivity index (χ4v) is 3.35. The number of hydrogen-bond acceptors (Lipinski definition) is 2. The topological polar surface area (TPSA) is 29.3 Å². The molecule has 3 unspecified atom stereocenters. The summed E-state index contributed by atoms with van der Waals surface area (Å²) in [7, 11) is 0. The largest absolute Gasteiger partial charge is 0.330 e. The Balaban J connectivity index is 1.83. The monoisotopic (exact) mass is 210 g/mol. The fourth-order valence-electron chi connectivity index (χ4n) is 3.35. The highest BCUT2D eigenvalue weighted by atomic mass is 15.2. The van der Waals surface area contributed by atoms with Gasteiger partial charge in [0.05, 0.1) is 0 Å². The Bertz CT molecular complexity index is 193. The van der Waals surface area contributed by atoms with E-state index in [0.717, 1.165) is 24.4 Å². The van der Waals surface area contributed by atoms with Crippen LogP contribution < -0.4 is 5.73 Å². The maximum absolute atomic E-state index is 5.75. The number of likely N-dealkylation sites (tertiary alicyclic amines) is 1. The van der Waals surface area contributed by atoms with Gasteiger partial charge >= 0.3 is 0 Å². The summed E-state index contributed by atoms with van der Waals surface area (Å²) in [6, 6.07) is 0.889. The molecule has 2 nitrogen and oxygen atoms in total. The zero-order chi connectivity index (χ0) is 10.7. The third-order valence-corrected chi connectivity index (χ3v) is 4.50. The molecule has 88 valence electrons. The summed E-state index contributed by atoms with van der Waals surface area (Å²) >= 11 is 0. The van der Waals surface area contributed by atoms with Crippen molar-refractivity contribution in [3.05, 3.63) is 0 Å². The number of nitrogens with zero attached hydrogens (tertiary/aromatic N) is 1. The van der Waals surface area contributed by atoms with E-state index < -0.39 is 0 Å². The van der Waals surface area contributed by atoms with Crippen LogP contribution in [-0.4, -0.2) is 30.6 Å². The summed E-state index contributed by atoms with van der Waals surface area (Å²) < 4.78 is 0. The van der Waals surface area contributed by atoms with Gasteiger partial charge in [-0.2, -0.15) is 0 Å². The second-order valence-corrected chi connectivity index (χ2v) is 5.48. The van der Waals surface area contributed by atoms with Crippen molar-refractivity contribution in [1.29, 1.82) is 0 Å². The zero-order valence-electron chi connectivity index (χ0n) is 10.1. The van der Waals surface area contributed by atoms with Gasteiger partial charge in [-0.1, -0.05) is 26.2 Å².